The van der Waals surface area contributed by atoms with Crippen molar-refractivity contribution in [3.05, 3.63) is 0 Å². The van der Waals surface area contributed by atoms with E-state index in [1.807, 2.05) is 0 Å². The third-order valence-corrected chi connectivity index (χ3v) is 4.29. The van der Waals surface area contributed by atoms with Gasteiger partial charge >= 0.3 is 0 Å². The van der Waals surface area contributed by atoms with Gasteiger partial charge in [0.05, 0.1) is 12.7 Å². The Balaban J connectivity index is 2.22. The Morgan fingerprint density at radius 2 is 1.75 bits per heavy atom. The van der Waals surface area contributed by atoms with Gasteiger partial charge in [-0.3, -0.25) is 0 Å². The van der Waals surface area contributed by atoms with Crippen molar-refractivity contribution in [3.8, 4) is 0 Å². The number of nitrogens with zero attached hydrogens (tertiary/aromatic N) is 1. The van der Waals surface area contributed by atoms with Gasteiger partial charge in [0.1, 0.15) is 0 Å². The summed E-state index contributed by atoms with van der Waals surface area (Å²) >= 11 is 0. The summed E-state index contributed by atoms with van der Waals surface area (Å²) in [4.78, 5) is 2.37. The number of morpholine rings is 1. The highest BCUT2D eigenvalue weighted by Gasteiger charge is 2.18. The zero-order chi connectivity index (χ0) is 14.6. The fourth-order valence-electron chi connectivity index (χ4n) is 2.92. The maximum absolute atomic E-state index is 5.85. The van der Waals surface area contributed by atoms with Crippen molar-refractivity contribution in [1.82, 2.24) is 10.2 Å². The van der Waals surface area contributed by atoms with Gasteiger partial charge in [-0.2, -0.15) is 0 Å². The second-order valence-corrected chi connectivity index (χ2v) is 6.35. The SMILES string of the molecule is CCCCCC(CCCCC)NCC1CN(C)CCO1. The van der Waals surface area contributed by atoms with E-state index in [4.69, 9.17) is 4.74 Å². The van der Waals surface area contributed by atoms with E-state index in [-0.39, 0.29) is 0 Å². The van der Waals surface area contributed by atoms with E-state index in [1.165, 1.54) is 51.4 Å². The summed E-state index contributed by atoms with van der Waals surface area (Å²) in [6.07, 6.45) is 11.2. The van der Waals surface area contributed by atoms with Crippen LogP contribution in [0.25, 0.3) is 0 Å². The topological polar surface area (TPSA) is 24.5 Å². The van der Waals surface area contributed by atoms with Crippen LogP contribution in [0.15, 0.2) is 0 Å². The Bertz CT molecular complexity index is 213. The Kier molecular flexibility index (Phi) is 10.3. The predicted molar refractivity (Wildman–Crippen MR) is 87.3 cm³/mol. The molecule has 1 fully saturated rings. The Morgan fingerprint density at radius 3 is 2.30 bits per heavy atom. The first kappa shape index (κ1) is 17.9. The second-order valence-electron chi connectivity index (χ2n) is 6.35. The fourth-order valence-corrected chi connectivity index (χ4v) is 2.92. The van der Waals surface area contributed by atoms with Crippen LogP contribution >= 0.6 is 0 Å². The molecule has 120 valence electrons. The largest absolute Gasteiger partial charge is 0.374 e. The molecule has 0 aromatic rings. The van der Waals surface area contributed by atoms with Gasteiger partial charge < -0.3 is 15.0 Å². The molecular formula is C17H36N2O. The van der Waals surface area contributed by atoms with Crippen molar-refractivity contribution in [2.45, 2.75) is 77.4 Å². The predicted octanol–water partition coefficient (Wildman–Crippen LogP) is 3.44. The zero-order valence-electron chi connectivity index (χ0n) is 14.0. The molecule has 1 N–H and O–H groups in total. The van der Waals surface area contributed by atoms with Crippen LogP contribution in [0, 0.1) is 0 Å². The van der Waals surface area contributed by atoms with Gasteiger partial charge in [0.15, 0.2) is 0 Å². The molecule has 1 saturated heterocycles. The molecule has 0 saturated carbocycles. The molecule has 1 rings (SSSR count). The summed E-state index contributed by atoms with van der Waals surface area (Å²) < 4.78 is 5.85. The molecule has 1 aliphatic rings. The highest BCUT2D eigenvalue weighted by Crippen LogP contribution is 2.12. The average Bonchev–Trinajstić information content (AvgIpc) is 2.44. The van der Waals surface area contributed by atoms with Crippen molar-refractivity contribution in [1.29, 1.82) is 0 Å². The van der Waals surface area contributed by atoms with E-state index in [0.29, 0.717) is 12.1 Å². The summed E-state index contributed by atoms with van der Waals surface area (Å²) in [5.41, 5.74) is 0. The molecule has 1 atom stereocenters. The Hall–Kier alpha value is -0.120. The van der Waals surface area contributed by atoms with Crippen LogP contribution in [0.3, 0.4) is 0 Å². The number of hydrogen-bond acceptors (Lipinski definition) is 3. The van der Waals surface area contributed by atoms with Gasteiger partial charge in [-0.15, -0.1) is 0 Å². The lowest BCUT2D eigenvalue weighted by atomic mass is 10.0. The molecule has 0 aromatic heterocycles. The van der Waals surface area contributed by atoms with E-state index in [0.717, 1.165) is 26.2 Å². The molecular weight excluding hydrogens is 248 g/mol. The van der Waals surface area contributed by atoms with Crippen molar-refractivity contribution in [3.63, 3.8) is 0 Å². The first-order chi connectivity index (χ1) is 9.76. The van der Waals surface area contributed by atoms with Crippen molar-refractivity contribution in [2.24, 2.45) is 0 Å². The summed E-state index contributed by atoms with van der Waals surface area (Å²) in [5, 5.41) is 3.78. The van der Waals surface area contributed by atoms with Crippen LogP contribution < -0.4 is 5.32 Å². The van der Waals surface area contributed by atoms with E-state index in [1.54, 1.807) is 0 Å². The number of nitrogens with one attached hydrogen (secondary N) is 1. The van der Waals surface area contributed by atoms with E-state index in [2.05, 4.69) is 31.1 Å². The molecule has 0 aromatic carbocycles. The van der Waals surface area contributed by atoms with Gasteiger partial charge in [0, 0.05) is 25.7 Å². The number of hydrogen-bond donors (Lipinski definition) is 1. The van der Waals surface area contributed by atoms with Gasteiger partial charge in [0.25, 0.3) is 0 Å². The number of ether oxygens (including phenoxy) is 1. The molecule has 1 unspecified atom stereocenters. The molecule has 0 amide bonds. The minimum Gasteiger partial charge on any atom is -0.374 e. The minimum atomic E-state index is 0.383. The van der Waals surface area contributed by atoms with Crippen LogP contribution in [-0.2, 0) is 4.74 Å². The van der Waals surface area contributed by atoms with E-state index in [9.17, 15) is 0 Å². The fraction of sp³-hybridized carbons (Fsp3) is 1.00. The zero-order valence-corrected chi connectivity index (χ0v) is 14.0. The molecule has 3 heteroatoms. The van der Waals surface area contributed by atoms with Crippen molar-refractivity contribution < 1.29 is 4.74 Å². The van der Waals surface area contributed by atoms with Crippen LogP contribution in [0.5, 0.6) is 0 Å². The van der Waals surface area contributed by atoms with Crippen molar-refractivity contribution >= 4 is 0 Å². The standard InChI is InChI=1S/C17H36N2O/c1-4-6-8-10-16(11-9-7-5-2)18-14-17-15-19(3)12-13-20-17/h16-18H,4-15H2,1-3H3. The lowest BCUT2D eigenvalue weighted by Crippen LogP contribution is -2.46. The van der Waals surface area contributed by atoms with Crippen LogP contribution in [0.4, 0.5) is 0 Å². The van der Waals surface area contributed by atoms with Crippen LogP contribution in [-0.4, -0.2) is 50.3 Å². The highest BCUT2D eigenvalue weighted by atomic mass is 16.5. The lowest BCUT2D eigenvalue weighted by Gasteiger charge is -2.31. The summed E-state index contributed by atoms with van der Waals surface area (Å²) in [6.45, 7) is 8.62. The van der Waals surface area contributed by atoms with Gasteiger partial charge in [0.2, 0.25) is 0 Å². The summed E-state index contributed by atoms with van der Waals surface area (Å²) in [5.74, 6) is 0. The maximum atomic E-state index is 5.85. The maximum Gasteiger partial charge on any atom is 0.0826 e. The highest BCUT2D eigenvalue weighted by molar-refractivity contribution is 4.75. The molecule has 1 heterocycles. The van der Waals surface area contributed by atoms with Crippen LogP contribution in [0.2, 0.25) is 0 Å². The minimum absolute atomic E-state index is 0.383. The Morgan fingerprint density at radius 1 is 1.10 bits per heavy atom. The molecule has 0 aliphatic carbocycles. The number of unbranched alkanes of at least 4 members (excludes halogenated alkanes) is 4. The summed E-state index contributed by atoms with van der Waals surface area (Å²) in [7, 11) is 2.19. The molecule has 1 aliphatic heterocycles. The average molecular weight is 284 g/mol. The number of rotatable bonds is 11. The molecule has 0 spiro atoms. The third kappa shape index (κ3) is 8.23. The van der Waals surface area contributed by atoms with Gasteiger partial charge in [-0.25, -0.2) is 0 Å². The number of likely N-dealkylation sites (N-methyl/N-ethyl adjacent to an activating group) is 1. The van der Waals surface area contributed by atoms with Crippen molar-refractivity contribution in [2.75, 3.05) is 33.3 Å². The Labute approximate surface area is 126 Å². The third-order valence-electron chi connectivity index (χ3n) is 4.29. The van der Waals surface area contributed by atoms with Gasteiger partial charge in [-0.1, -0.05) is 52.4 Å². The van der Waals surface area contributed by atoms with E-state index < -0.39 is 0 Å². The van der Waals surface area contributed by atoms with Gasteiger partial charge in [-0.05, 0) is 19.9 Å². The molecule has 0 bridgehead atoms. The summed E-state index contributed by atoms with van der Waals surface area (Å²) in [6, 6.07) is 0.698. The molecule has 3 nitrogen and oxygen atoms in total. The van der Waals surface area contributed by atoms with E-state index >= 15 is 0 Å². The second kappa shape index (κ2) is 11.5. The monoisotopic (exact) mass is 284 g/mol. The first-order valence-electron chi connectivity index (χ1n) is 8.79. The first-order valence-corrected chi connectivity index (χ1v) is 8.79. The molecule has 20 heavy (non-hydrogen) atoms. The normalized spacial score (nSPS) is 20.7. The lowest BCUT2D eigenvalue weighted by molar-refractivity contribution is -0.0195. The quantitative estimate of drug-likeness (QED) is 0.588. The molecule has 0 radical (unpaired) electrons. The van der Waals surface area contributed by atoms with Crippen LogP contribution in [0.1, 0.15) is 65.2 Å². The smallest absolute Gasteiger partial charge is 0.0826 e.